The van der Waals surface area contributed by atoms with Crippen LogP contribution in [0.3, 0.4) is 0 Å². The lowest BCUT2D eigenvalue weighted by atomic mass is 10.2. The number of rotatable bonds is 4. The summed E-state index contributed by atoms with van der Waals surface area (Å²) in [6, 6.07) is 6.50. The zero-order valence-electron chi connectivity index (χ0n) is 10.00. The Balaban J connectivity index is 2.54. The first-order valence-electron chi connectivity index (χ1n) is 5.60. The summed E-state index contributed by atoms with van der Waals surface area (Å²) >= 11 is 0. The molecule has 2 aromatic rings. The maximum Gasteiger partial charge on any atom is 0.241 e. The van der Waals surface area contributed by atoms with Crippen LogP contribution in [-0.4, -0.2) is 26.0 Å². The zero-order valence-corrected chi connectivity index (χ0v) is 10.8. The molecule has 6 heteroatoms. The fourth-order valence-electron chi connectivity index (χ4n) is 1.70. The highest BCUT2D eigenvalue weighted by Crippen LogP contribution is 2.21. The first-order valence-corrected chi connectivity index (χ1v) is 7.08. The molecule has 0 aliphatic heterocycles. The molecular weight excluding hydrogens is 250 g/mol. The van der Waals surface area contributed by atoms with Crippen LogP contribution in [0.15, 0.2) is 41.6 Å². The average Bonchev–Trinajstić information content (AvgIpc) is 2.37. The summed E-state index contributed by atoms with van der Waals surface area (Å²) in [5, 5.41) is 1.45. The Morgan fingerprint density at radius 1 is 1.39 bits per heavy atom. The van der Waals surface area contributed by atoms with Crippen molar-refractivity contribution < 1.29 is 8.42 Å². The lowest BCUT2D eigenvalue weighted by Gasteiger charge is -2.13. The summed E-state index contributed by atoms with van der Waals surface area (Å²) in [7, 11) is -3.56. The van der Waals surface area contributed by atoms with E-state index in [9.17, 15) is 8.42 Å². The second-order valence-corrected chi connectivity index (χ2v) is 5.79. The number of hydrogen-bond acceptors (Lipinski definition) is 4. The number of nitrogens with one attached hydrogen (secondary N) is 1. The Hall–Kier alpha value is -1.50. The third-order valence-corrected chi connectivity index (χ3v) is 4.29. The van der Waals surface area contributed by atoms with Crippen molar-refractivity contribution in [1.82, 2.24) is 9.71 Å². The van der Waals surface area contributed by atoms with Gasteiger partial charge in [-0.25, -0.2) is 13.1 Å². The molecule has 96 valence electrons. The topological polar surface area (TPSA) is 85.1 Å². The zero-order chi connectivity index (χ0) is 13.2. The van der Waals surface area contributed by atoms with Gasteiger partial charge in [-0.05, 0) is 19.1 Å². The van der Waals surface area contributed by atoms with Crippen LogP contribution in [-0.2, 0) is 10.0 Å². The van der Waals surface area contributed by atoms with Gasteiger partial charge in [0.05, 0.1) is 4.90 Å². The Kier molecular flexibility index (Phi) is 3.60. The van der Waals surface area contributed by atoms with Crippen LogP contribution in [0.5, 0.6) is 0 Å². The van der Waals surface area contributed by atoms with Crippen LogP contribution in [0.25, 0.3) is 10.8 Å². The summed E-state index contributed by atoms with van der Waals surface area (Å²) in [6.07, 6.45) is 3.22. The molecule has 0 fully saturated rings. The van der Waals surface area contributed by atoms with E-state index in [0.29, 0.717) is 5.39 Å². The van der Waals surface area contributed by atoms with E-state index in [1.807, 2.05) is 6.07 Å². The Bertz CT molecular complexity index is 650. The highest BCUT2D eigenvalue weighted by molar-refractivity contribution is 7.89. The van der Waals surface area contributed by atoms with E-state index in [2.05, 4.69) is 9.71 Å². The fraction of sp³-hybridized carbons (Fsp3) is 0.250. The van der Waals surface area contributed by atoms with Crippen LogP contribution >= 0.6 is 0 Å². The summed E-state index contributed by atoms with van der Waals surface area (Å²) in [6.45, 7) is 1.98. The van der Waals surface area contributed by atoms with Crippen molar-refractivity contribution in [2.45, 2.75) is 17.9 Å². The van der Waals surface area contributed by atoms with Gasteiger partial charge in [0.2, 0.25) is 10.0 Å². The van der Waals surface area contributed by atoms with Gasteiger partial charge < -0.3 is 5.73 Å². The van der Waals surface area contributed by atoms with E-state index in [4.69, 9.17) is 5.73 Å². The second kappa shape index (κ2) is 5.01. The number of nitrogens with two attached hydrogens (primary N) is 1. The van der Waals surface area contributed by atoms with Crippen LogP contribution in [0, 0.1) is 0 Å². The van der Waals surface area contributed by atoms with E-state index >= 15 is 0 Å². The summed E-state index contributed by atoms with van der Waals surface area (Å²) in [4.78, 5) is 4.23. The largest absolute Gasteiger partial charge is 0.329 e. The summed E-state index contributed by atoms with van der Waals surface area (Å²) < 4.78 is 27.0. The van der Waals surface area contributed by atoms with Gasteiger partial charge in [0.25, 0.3) is 0 Å². The van der Waals surface area contributed by atoms with Gasteiger partial charge in [-0.1, -0.05) is 12.1 Å². The molecule has 1 aromatic heterocycles. The molecule has 0 radical (unpaired) electrons. The smallest absolute Gasteiger partial charge is 0.241 e. The van der Waals surface area contributed by atoms with Gasteiger partial charge in [-0.3, -0.25) is 4.98 Å². The quantitative estimate of drug-likeness (QED) is 0.858. The minimum absolute atomic E-state index is 0.253. The van der Waals surface area contributed by atoms with Gasteiger partial charge in [-0.15, -0.1) is 0 Å². The number of sulfonamides is 1. The van der Waals surface area contributed by atoms with Crippen molar-refractivity contribution in [3.63, 3.8) is 0 Å². The maximum atomic E-state index is 12.2. The predicted molar refractivity (Wildman–Crippen MR) is 70.6 cm³/mol. The molecule has 0 saturated carbocycles. The number of aromatic nitrogens is 1. The molecular formula is C12H15N3O2S. The fourth-order valence-corrected chi connectivity index (χ4v) is 3.19. The summed E-state index contributed by atoms with van der Waals surface area (Å²) in [5.74, 6) is 0. The SMILES string of the molecule is CC(CN)NS(=O)(=O)c1cccc2cnccc12. The lowest BCUT2D eigenvalue weighted by Crippen LogP contribution is -2.37. The lowest BCUT2D eigenvalue weighted by molar-refractivity contribution is 0.563. The normalized spacial score (nSPS) is 13.7. The number of pyridine rings is 1. The van der Waals surface area contributed by atoms with E-state index in [-0.39, 0.29) is 17.5 Å². The third-order valence-electron chi connectivity index (χ3n) is 2.64. The molecule has 5 nitrogen and oxygen atoms in total. The molecule has 18 heavy (non-hydrogen) atoms. The molecule has 1 atom stereocenters. The average molecular weight is 265 g/mol. The second-order valence-electron chi connectivity index (χ2n) is 4.11. The van der Waals surface area contributed by atoms with Crippen molar-refractivity contribution in [1.29, 1.82) is 0 Å². The van der Waals surface area contributed by atoms with Crippen molar-refractivity contribution in [2.75, 3.05) is 6.54 Å². The van der Waals surface area contributed by atoms with Gasteiger partial charge in [0, 0.05) is 35.8 Å². The monoisotopic (exact) mass is 265 g/mol. The maximum absolute atomic E-state index is 12.2. The van der Waals surface area contributed by atoms with Crippen LogP contribution < -0.4 is 10.5 Å². The highest BCUT2D eigenvalue weighted by Gasteiger charge is 2.18. The first-order chi connectivity index (χ1) is 8.54. The van der Waals surface area contributed by atoms with Gasteiger partial charge >= 0.3 is 0 Å². The molecule has 0 spiro atoms. The van der Waals surface area contributed by atoms with Crippen LogP contribution in [0.2, 0.25) is 0 Å². The summed E-state index contributed by atoms with van der Waals surface area (Å²) in [5.41, 5.74) is 5.43. The van der Waals surface area contributed by atoms with Crippen molar-refractivity contribution in [3.05, 3.63) is 36.7 Å². The number of hydrogen-bond donors (Lipinski definition) is 2. The minimum atomic E-state index is -3.56. The molecule has 0 aliphatic carbocycles. The molecule has 0 saturated heterocycles. The molecule has 0 amide bonds. The van der Waals surface area contributed by atoms with Gasteiger partial charge in [0.1, 0.15) is 0 Å². The van der Waals surface area contributed by atoms with E-state index in [1.54, 1.807) is 37.5 Å². The Morgan fingerprint density at radius 3 is 2.89 bits per heavy atom. The predicted octanol–water partition coefficient (Wildman–Crippen LogP) is 0.860. The van der Waals surface area contributed by atoms with Gasteiger partial charge in [0.15, 0.2) is 0 Å². The molecule has 1 heterocycles. The van der Waals surface area contributed by atoms with Crippen molar-refractivity contribution in [2.24, 2.45) is 5.73 Å². The standard InChI is InChI=1S/C12H15N3O2S/c1-9(7-13)15-18(16,17)12-4-2-3-10-8-14-6-5-11(10)12/h2-6,8-9,15H,7,13H2,1H3. The molecule has 2 rings (SSSR count). The number of nitrogens with zero attached hydrogens (tertiary/aromatic N) is 1. The Morgan fingerprint density at radius 2 is 2.17 bits per heavy atom. The molecule has 1 unspecified atom stereocenters. The van der Waals surface area contributed by atoms with E-state index in [1.165, 1.54) is 0 Å². The molecule has 0 aliphatic rings. The molecule has 3 N–H and O–H groups in total. The number of fused-ring (bicyclic) bond motifs is 1. The third kappa shape index (κ3) is 2.50. The van der Waals surface area contributed by atoms with Crippen LogP contribution in [0.4, 0.5) is 0 Å². The highest BCUT2D eigenvalue weighted by atomic mass is 32.2. The molecule has 0 bridgehead atoms. The van der Waals surface area contributed by atoms with Crippen LogP contribution in [0.1, 0.15) is 6.92 Å². The van der Waals surface area contributed by atoms with Crippen molar-refractivity contribution >= 4 is 20.8 Å². The van der Waals surface area contributed by atoms with Gasteiger partial charge in [-0.2, -0.15) is 0 Å². The van der Waals surface area contributed by atoms with E-state index < -0.39 is 10.0 Å². The number of benzene rings is 1. The van der Waals surface area contributed by atoms with Crippen molar-refractivity contribution in [3.8, 4) is 0 Å². The molecule has 1 aromatic carbocycles. The first kappa shape index (κ1) is 12.9. The van der Waals surface area contributed by atoms with E-state index in [0.717, 1.165) is 5.39 Å². The Labute approximate surface area is 106 Å². The minimum Gasteiger partial charge on any atom is -0.329 e.